The van der Waals surface area contributed by atoms with Gasteiger partial charge in [0, 0.05) is 18.2 Å². The summed E-state index contributed by atoms with van der Waals surface area (Å²) in [5.41, 5.74) is -7.08. The minimum absolute atomic E-state index is 0.336. The van der Waals surface area contributed by atoms with Crippen LogP contribution in [-0.2, 0) is 23.8 Å². The average Bonchev–Trinajstić information content (AvgIpc) is 2.98. The van der Waals surface area contributed by atoms with Crippen LogP contribution in [0.4, 0.5) is 34.1 Å². The van der Waals surface area contributed by atoms with Crippen LogP contribution in [0.15, 0.2) is 36.4 Å². The zero-order valence-electron chi connectivity index (χ0n) is 24.2. The highest BCUT2D eigenvalue weighted by Gasteiger charge is 2.44. The molecule has 3 rings (SSSR count). The smallest absolute Gasteiger partial charge is 0.379 e. The fraction of sp³-hybridized carbons (Fsp3) is 0.250. The summed E-state index contributed by atoms with van der Waals surface area (Å²) in [6.07, 6.45) is -1.01. The number of hydrogen-bond acceptors (Lipinski definition) is 16. The van der Waals surface area contributed by atoms with Gasteiger partial charge in [0.05, 0.1) is 29.5 Å². The second-order valence-electron chi connectivity index (χ2n) is 9.05. The van der Waals surface area contributed by atoms with E-state index in [2.05, 4.69) is 0 Å². The maximum absolute atomic E-state index is 14.4. The minimum Gasteiger partial charge on any atom is -0.379 e. The Balaban J connectivity index is 2.39. The second kappa shape index (κ2) is 13.8. The van der Waals surface area contributed by atoms with E-state index in [0.29, 0.717) is 18.2 Å². The van der Waals surface area contributed by atoms with E-state index >= 15 is 0 Å². The molecule has 0 heterocycles. The highest BCUT2D eigenvalue weighted by atomic mass is 31.2. The molecule has 22 nitrogen and oxygen atoms in total. The number of phosphoric acid groups is 1. The van der Waals surface area contributed by atoms with Gasteiger partial charge >= 0.3 is 24.9 Å². The van der Waals surface area contributed by atoms with Crippen molar-refractivity contribution in [1.29, 1.82) is 0 Å². The van der Waals surface area contributed by atoms with Crippen molar-refractivity contribution in [2.24, 2.45) is 0 Å². The van der Waals surface area contributed by atoms with E-state index in [9.17, 15) is 65.3 Å². The van der Waals surface area contributed by atoms with Gasteiger partial charge in [-0.05, 0) is 37.5 Å². The van der Waals surface area contributed by atoms with E-state index in [1.807, 2.05) is 0 Å². The summed E-state index contributed by atoms with van der Waals surface area (Å²) in [5.74, 6) is -3.00. The Bertz CT molecular complexity index is 1680. The molecule has 0 spiro atoms. The molecule has 248 valence electrons. The number of phosphoric ester groups is 1. The molecule has 0 aliphatic carbocycles. The fourth-order valence-electron chi connectivity index (χ4n) is 4.61. The van der Waals surface area contributed by atoms with Gasteiger partial charge < -0.3 is 13.6 Å². The third-order valence-corrected chi connectivity index (χ3v) is 7.75. The second-order valence-corrected chi connectivity index (χ2v) is 10.5. The number of benzene rings is 3. The SMILES string of the molecule is CCc1c([N+](=O)[O-])ccc(OP(=O)(Oc2ccc([N+](=O)[O-])c(CC)c2[N+](=O)[O-])Oc2ccc([N+](=O)[O-])c(CC)c2[N+](=O)[O-])c1[N+](=O)[O-]. The first-order valence-corrected chi connectivity index (χ1v) is 14.5. The quantitative estimate of drug-likeness (QED) is 0.0942. The zero-order valence-corrected chi connectivity index (χ0v) is 25.1. The van der Waals surface area contributed by atoms with Crippen molar-refractivity contribution < 1.29 is 47.7 Å². The lowest BCUT2D eigenvalue weighted by Gasteiger charge is -2.20. The topological polar surface area (TPSA) is 304 Å². The molecule has 0 bridgehead atoms. The predicted octanol–water partition coefficient (Wildman–Crippen LogP) is 6.47. The lowest BCUT2D eigenvalue weighted by Crippen LogP contribution is -2.13. The molecular formula is C24H21N6O16P. The van der Waals surface area contributed by atoms with Gasteiger partial charge in [-0.25, -0.2) is 0 Å². The summed E-state index contributed by atoms with van der Waals surface area (Å²) in [4.78, 5) is 64.5. The van der Waals surface area contributed by atoms with E-state index in [1.165, 1.54) is 20.8 Å². The minimum atomic E-state index is -5.72. The molecule has 0 aliphatic rings. The molecule has 0 amide bonds. The molecular weight excluding hydrogens is 659 g/mol. The van der Waals surface area contributed by atoms with Crippen molar-refractivity contribution >= 4 is 41.9 Å². The maximum Gasteiger partial charge on any atom is 0.647 e. The Morgan fingerprint density at radius 3 is 0.872 bits per heavy atom. The molecule has 0 fully saturated rings. The van der Waals surface area contributed by atoms with Gasteiger partial charge in [0.25, 0.3) is 17.1 Å². The van der Waals surface area contributed by atoms with E-state index in [4.69, 9.17) is 13.6 Å². The molecule has 0 atom stereocenters. The van der Waals surface area contributed by atoms with Crippen molar-refractivity contribution in [3.8, 4) is 17.2 Å². The highest BCUT2D eigenvalue weighted by molar-refractivity contribution is 7.49. The Labute approximate surface area is 261 Å². The first-order chi connectivity index (χ1) is 22.0. The molecule has 0 radical (unpaired) electrons. The lowest BCUT2D eigenvalue weighted by molar-refractivity contribution is -0.396. The van der Waals surface area contributed by atoms with Crippen LogP contribution in [0.2, 0.25) is 0 Å². The van der Waals surface area contributed by atoms with Gasteiger partial charge in [-0.2, -0.15) is 4.57 Å². The van der Waals surface area contributed by atoms with Crippen molar-refractivity contribution in [2.75, 3.05) is 0 Å². The van der Waals surface area contributed by atoms with Crippen LogP contribution in [0.1, 0.15) is 37.5 Å². The molecule has 0 unspecified atom stereocenters. The van der Waals surface area contributed by atoms with Crippen LogP contribution in [-0.4, -0.2) is 29.5 Å². The Morgan fingerprint density at radius 1 is 0.468 bits per heavy atom. The monoisotopic (exact) mass is 680 g/mol. The van der Waals surface area contributed by atoms with E-state index < -0.39 is 105 Å². The van der Waals surface area contributed by atoms with Crippen LogP contribution < -0.4 is 13.6 Å². The zero-order chi connectivity index (χ0) is 35.4. The first kappa shape index (κ1) is 35.2. The maximum atomic E-state index is 14.4. The van der Waals surface area contributed by atoms with Gasteiger partial charge in [-0.15, -0.1) is 0 Å². The number of hydrogen-bond donors (Lipinski definition) is 0. The van der Waals surface area contributed by atoms with Gasteiger partial charge in [0.15, 0.2) is 0 Å². The first-order valence-electron chi connectivity index (χ1n) is 13.0. The largest absolute Gasteiger partial charge is 0.647 e. The number of nitro groups is 6. The van der Waals surface area contributed by atoms with E-state index in [1.54, 1.807) is 0 Å². The summed E-state index contributed by atoms with van der Waals surface area (Å²) in [6.45, 7) is 3.93. The number of nitro benzene ring substituents is 6. The molecule has 3 aromatic carbocycles. The van der Waals surface area contributed by atoms with Gasteiger partial charge in [0.2, 0.25) is 17.2 Å². The van der Waals surface area contributed by atoms with Gasteiger partial charge in [-0.1, -0.05) is 20.8 Å². The van der Waals surface area contributed by atoms with Crippen LogP contribution in [0.25, 0.3) is 0 Å². The van der Waals surface area contributed by atoms with Crippen LogP contribution in [0.3, 0.4) is 0 Å². The molecule has 0 saturated carbocycles. The third-order valence-electron chi connectivity index (χ3n) is 6.49. The molecule has 0 N–H and O–H groups in total. The molecule has 3 aromatic rings. The van der Waals surface area contributed by atoms with Crippen molar-refractivity contribution in [2.45, 2.75) is 40.0 Å². The summed E-state index contributed by atoms with van der Waals surface area (Å²) in [7, 11) is -5.72. The van der Waals surface area contributed by atoms with Crippen molar-refractivity contribution in [1.82, 2.24) is 0 Å². The van der Waals surface area contributed by atoms with Gasteiger partial charge in [-0.3, -0.25) is 60.7 Å². The summed E-state index contributed by atoms with van der Waals surface area (Å²) >= 11 is 0. The average molecular weight is 680 g/mol. The Morgan fingerprint density at radius 2 is 0.702 bits per heavy atom. The lowest BCUT2D eigenvalue weighted by atomic mass is 10.1. The van der Waals surface area contributed by atoms with Crippen LogP contribution >= 0.6 is 7.82 Å². The molecule has 47 heavy (non-hydrogen) atoms. The summed E-state index contributed by atoms with van der Waals surface area (Å²) in [5, 5.41) is 70.8. The fourth-order valence-corrected chi connectivity index (χ4v) is 5.89. The Hall–Kier alpha value is -6.31. The van der Waals surface area contributed by atoms with Crippen LogP contribution in [0, 0.1) is 60.7 Å². The highest BCUT2D eigenvalue weighted by Crippen LogP contribution is 2.56. The van der Waals surface area contributed by atoms with Crippen molar-refractivity contribution in [3.63, 3.8) is 0 Å². The molecule has 0 saturated heterocycles. The predicted molar refractivity (Wildman–Crippen MR) is 157 cm³/mol. The molecule has 23 heteroatoms. The molecule has 0 aromatic heterocycles. The molecule has 0 aliphatic heterocycles. The van der Waals surface area contributed by atoms with Crippen LogP contribution in [0.5, 0.6) is 17.2 Å². The summed E-state index contributed by atoms with van der Waals surface area (Å²) < 4.78 is 30.2. The van der Waals surface area contributed by atoms with E-state index in [-0.39, 0.29) is 19.3 Å². The normalized spacial score (nSPS) is 11.0. The number of rotatable bonds is 15. The van der Waals surface area contributed by atoms with E-state index in [0.717, 1.165) is 18.2 Å². The van der Waals surface area contributed by atoms with Crippen molar-refractivity contribution in [3.05, 3.63) is 114 Å². The number of nitrogens with zero attached hydrogens (tertiary/aromatic N) is 6. The standard InChI is InChI=1S/C24H21N6O16P/c1-4-13-16(25(31)32)7-10-19(22(13)28(37)38)44-47(43,45-20-11-8-17(26(33)34)14(5-2)23(20)29(39)40)46-21-12-9-18(27(35)36)15(6-3)24(21)30(41)42/h7-12H,4-6H2,1-3H3. The summed E-state index contributed by atoms with van der Waals surface area (Å²) in [6, 6.07) is 4.16. The van der Waals surface area contributed by atoms with Gasteiger partial charge in [0.1, 0.15) is 16.7 Å². The Kier molecular flexibility index (Phi) is 10.3. The third kappa shape index (κ3) is 7.01.